The minimum atomic E-state index is -0.573. The molecule has 0 amide bonds. The van der Waals surface area contributed by atoms with Gasteiger partial charge in [0, 0.05) is 0 Å². The molecule has 5 heteroatoms. The maximum Gasteiger partial charge on any atom is 0.358 e. The van der Waals surface area contributed by atoms with Crippen molar-refractivity contribution in [2.75, 3.05) is 0 Å². The van der Waals surface area contributed by atoms with E-state index >= 15 is 0 Å². The first-order valence-electron chi connectivity index (χ1n) is 6.52. The van der Waals surface area contributed by atoms with Crippen molar-refractivity contribution in [2.45, 2.75) is 6.92 Å². The van der Waals surface area contributed by atoms with Crippen molar-refractivity contribution in [3.8, 4) is 11.4 Å². The Morgan fingerprint density at radius 1 is 0.762 bits per heavy atom. The SMILES string of the molecule is Cc1nc(=O)n(-c2ccccc2)c(=O)n1-c1ccccc1. The van der Waals surface area contributed by atoms with E-state index in [9.17, 15) is 9.59 Å². The van der Waals surface area contributed by atoms with Crippen molar-refractivity contribution >= 4 is 0 Å². The number of benzene rings is 2. The molecule has 0 saturated carbocycles. The lowest BCUT2D eigenvalue weighted by molar-refractivity contribution is 0.715. The number of hydrogen-bond donors (Lipinski definition) is 0. The van der Waals surface area contributed by atoms with E-state index < -0.39 is 11.4 Å². The fourth-order valence-corrected chi connectivity index (χ4v) is 2.23. The van der Waals surface area contributed by atoms with Crippen molar-refractivity contribution in [1.82, 2.24) is 14.1 Å². The summed E-state index contributed by atoms with van der Waals surface area (Å²) < 4.78 is 2.49. The molecule has 3 rings (SSSR count). The maximum absolute atomic E-state index is 12.7. The third kappa shape index (κ3) is 2.29. The van der Waals surface area contributed by atoms with Gasteiger partial charge >= 0.3 is 11.4 Å². The highest BCUT2D eigenvalue weighted by molar-refractivity contribution is 5.34. The maximum atomic E-state index is 12.7. The molecule has 1 aromatic heterocycles. The van der Waals surface area contributed by atoms with Gasteiger partial charge in [0.15, 0.2) is 0 Å². The number of hydrogen-bond acceptors (Lipinski definition) is 3. The Balaban J connectivity index is 2.35. The molecule has 0 aliphatic rings. The van der Waals surface area contributed by atoms with Crippen molar-refractivity contribution in [2.24, 2.45) is 0 Å². The summed E-state index contributed by atoms with van der Waals surface area (Å²) in [6, 6.07) is 17.9. The van der Waals surface area contributed by atoms with Crippen LogP contribution in [-0.4, -0.2) is 14.1 Å². The van der Waals surface area contributed by atoms with Gasteiger partial charge in [0.2, 0.25) is 0 Å². The van der Waals surface area contributed by atoms with Gasteiger partial charge < -0.3 is 0 Å². The number of aryl methyl sites for hydroxylation is 1. The Kier molecular flexibility index (Phi) is 3.23. The van der Waals surface area contributed by atoms with Gasteiger partial charge in [0.25, 0.3) is 0 Å². The van der Waals surface area contributed by atoms with Gasteiger partial charge in [-0.05, 0) is 31.2 Å². The summed E-state index contributed by atoms with van der Waals surface area (Å²) in [5.41, 5.74) is 0.183. The van der Waals surface area contributed by atoms with Gasteiger partial charge in [0.1, 0.15) is 5.82 Å². The van der Waals surface area contributed by atoms with Gasteiger partial charge in [-0.2, -0.15) is 4.98 Å². The highest BCUT2D eigenvalue weighted by Gasteiger charge is 2.12. The summed E-state index contributed by atoms with van der Waals surface area (Å²) in [4.78, 5) is 28.7. The second kappa shape index (κ2) is 5.20. The summed E-state index contributed by atoms with van der Waals surface area (Å²) >= 11 is 0. The number of para-hydroxylation sites is 2. The Bertz CT molecular complexity index is 881. The lowest BCUT2D eigenvalue weighted by Crippen LogP contribution is -2.41. The molecule has 0 aliphatic heterocycles. The van der Waals surface area contributed by atoms with E-state index in [2.05, 4.69) is 4.98 Å². The Hall–Kier alpha value is -2.95. The molecule has 0 aliphatic carbocycles. The first kappa shape index (κ1) is 13.1. The monoisotopic (exact) mass is 279 g/mol. The molecule has 5 nitrogen and oxygen atoms in total. The molecule has 2 aromatic carbocycles. The zero-order chi connectivity index (χ0) is 14.8. The molecule has 0 radical (unpaired) electrons. The Morgan fingerprint density at radius 2 is 1.24 bits per heavy atom. The summed E-state index contributed by atoms with van der Waals surface area (Å²) in [6.45, 7) is 1.64. The molecule has 0 spiro atoms. The lowest BCUT2D eigenvalue weighted by atomic mass is 10.3. The molecule has 3 aromatic rings. The molecule has 21 heavy (non-hydrogen) atoms. The van der Waals surface area contributed by atoms with Crippen LogP contribution in [-0.2, 0) is 0 Å². The standard InChI is InChI=1S/C16H13N3O2/c1-12-17-15(20)19(14-10-6-3-7-11-14)16(21)18(12)13-8-4-2-5-9-13/h2-11H,1H3. The van der Waals surface area contributed by atoms with Gasteiger partial charge in [-0.3, -0.25) is 0 Å². The molecule has 0 atom stereocenters. The molecular weight excluding hydrogens is 266 g/mol. The second-order valence-corrected chi connectivity index (χ2v) is 4.57. The van der Waals surface area contributed by atoms with E-state index in [1.807, 2.05) is 24.3 Å². The smallest absolute Gasteiger partial charge is 0.249 e. The molecule has 0 N–H and O–H groups in total. The number of nitrogens with zero attached hydrogens (tertiary/aromatic N) is 3. The molecule has 0 fully saturated rings. The fourth-order valence-electron chi connectivity index (χ4n) is 2.23. The van der Waals surface area contributed by atoms with Crippen molar-refractivity contribution in [1.29, 1.82) is 0 Å². The third-order valence-corrected chi connectivity index (χ3v) is 3.18. The topological polar surface area (TPSA) is 56.9 Å². The molecule has 0 saturated heterocycles. The zero-order valence-electron chi connectivity index (χ0n) is 11.4. The average Bonchev–Trinajstić information content (AvgIpc) is 2.49. The van der Waals surface area contributed by atoms with Crippen LogP contribution in [0.5, 0.6) is 0 Å². The quantitative estimate of drug-likeness (QED) is 0.717. The van der Waals surface area contributed by atoms with Crippen molar-refractivity contribution in [3.63, 3.8) is 0 Å². The summed E-state index contributed by atoms with van der Waals surface area (Å²) in [5.74, 6) is 0.364. The van der Waals surface area contributed by atoms with Crippen molar-refractivity contribution < 1.29 is 0 Å². The minimum absolute atomic E-state index is 0.364. The number of aromatic nitrogens is 3. The van der Waals surface area contributed by atoms with Gasteiger partial charge in [0.05, 0.1) is 11.4 Å². The van der Waals surface area contributed by atoms with Crippen LogP contribution in [0.15, 0.2) is 70.3 Å². The van der Waals surface area contributed by atoms with Crippen LogP contribution >= 0.6 is 0 Å². The van der Waals surface area contributed by atoms with E-state index in [1.54, 1.807) is 43.3 Å². The average molecular weight is 279 g/mol. The van der Waals surface area contributed by atoms with Crippen LogP contribution in [0.2, 0.25) is 0 Å². The predicted octanol–water partition coefficient (Wildman–Crippen LogP) is 1.69. The molecule has 1 heterocycles. The van der Waals surface area contributed by atoms with Gasteiger partial charge in [-0.15, -0.1) is 0 Å². The van der Waals surface area contributed by atoms with Crippen LogP contribution in [0.4, 0.5) is 0 Å². The Morgan fingerprint density at radius 3 is 1.76 bits per heavy atom. The normalized spacial score (nSPS) is 10.5. The van der Waals surface area contributed by atoms with E-state index in [1.165, 1.54) is 4.57 Å². The van der Waals surface area contributed by atoms with Crippen LogP contribution in [0, 0.1) is 6.92 Å². The number of rotatable bonds is 2. The van der Waals surface area contributed by atoms with Crippen LogP contribution in [0.1, 0.15) is 5.82 Å². The van der Waals surface area contributed by atoms with E-state index in [0.717, 1.165) is 4.57 Å². The molecule has 0 unspecified atom stereocenters. The van der Waals surface area contributed by atoms with E-state index in [4.69, 9.17) is 0 Å². The summed E-state index contributed by atoms with van der Waals surface area (Å²) in [7, 11) is 0. The zero-order valence-corrected chi connectivity index (χ0v) is 11.4. The predicted molar refractivity (Wildman–Crippen MR) is 80.2 cm³/mol. The second-order valence-electron chi connectivity index (χ2n) is 4.57. The van der Waals surface area contributed by atoms with E-state index in [-0.39, 0.29) is 0 Å². The molecule has 104 valence electrons. The Labute approximate surface area is 120 Å². The highest BCUT2D eigenvalue weighted by atomic mass is 16.2. The van der Waals surface area contributed by atoms with Gasteiger partial charge in [-0.1, -0.05) is 36.4 Å². The highest BCUT2D eigenvalue weighted by Crippen LogP contribution is 2.06. The van der Waals surface area contributed by atoms with Crippen LogP contribution < -0.4 is 11.4 Å². The third-order valence-electron chi connectivity index (χ3n) is 3.18. The van der Waals surface area contributed by atoms with Crippen LogP contribution in [0.25, 0.3) is 11.4 Å². The van der Waals surface area contributed by atoms with E-state index in [0.29, 0.717) is 17.2 Å². The summed E-state index contributed by atoms with van der Waals surface area (Å²) in [5, 5.41) is 0. The molecule has 0 bridgehead atoms. The molecular formula is C16H13N3O2. The first-order chi connectivity index (χ1) is 10.2. The minimum Gasteiger partial charge on any atom is -0.249 e. The first-order valence-corrected chi connectivity index (χ1v) is 6.52. The fraction of sp³-hybridized carbons (Fsp3) is 0.0625. The van der Waals surface area contributed by atoms with Crippen molar-refractivity contribution in [3.05, 3.63) is 87.5 Å². The van der Waals surface area contributed by atoms with Gasteiger partial charge in [-0.25, -0.2) is 18.7 Å². The van der Waals surface area contributed by atoms with Crippen LogP contribution in [0.3, 0.4) is 0 Å². The lowest BCUT2D eigenvalue weighted by Gasteiger charge is -2.12. The summed E-state index contributed by atoms with van der Waals surface area (Å²) in [6.07, 6.45) is 0. The largest absolute Gasteiger partial charge is 0.358 e.